The molecule has 0 aromatic rings. The molecular formula is C14H18. The second-order valence-corrected chi connectivity index (χ2v) is 2.67. The molecule has 0 fully saturated rings. The van der Waals surface area contributed by atoms with E-state index in [4.69, 9.17) is 0 Å². The predicted octanol–water partition coefficient (Wildman–Crippen LogP) is 4.36. The summed E-state index contributed by atoms with van der Waals surface area (Å²) in [5, 5.41) is 0. The summed E-state index contributed by atoms with van der Waals surface area (Å²) in [4.78, 5) is 0. The van der Waals surface area contributed by atoms with Crippen LogP contribution in [-0.4, -0.2) is 0 Å². The van der Waals surface area contributed by atoms with Crippen molar-refractivity contribution in [3.63, 3.8) is 0 Å². The molecule has 0 radical (unpaired) electrons. The monoisotopic (exact) mass is 186 g/mol. The van der Waals surface area contributed by atoms with Gasteiger partial charge in [-0.2, -0.15) is 0 Å². The molecule has 0 N–H and O–H groups in total. The Kier molecular flexibility index (Phi) is 8.47. The number of allylic oxidation sites excluding steroid dienone is 11. The van der Waals surface area contributed by atoms with Crippen LogP contribution in [0.25, 0.3) is 0 Å². The standard InChI is InChI=1S/C14H18/c1-4-7-8-9-10-13-14(11-5-2)12-6-3/h4-13H,2H2,1,3H3/b7-4-,9-8-,12-6-,13-10+,14-11+. The molecule has 0 atom stereocenters. The minimum atomic E-state index is 1.15. The van der Waals surface area contributed by atoms with Crippen LogP contribution in [0.15, 0.2) is 72.9 Å². The Bertz CT molecular complexity index is 283. The van der Waals surface area contributed by atoms with Gasteiger partial charge in [0.05, 0.1) is 0 Å². The average molecular weight is 186 g/mol. The molecule has 0 bridgehead atoms. The zero-order valence-corrected chi connectivity index (χ0v) is 8.98. The van der Waals surface area contributed by atoms with Gasteiger partial charge in [0.25, 0.3) is 0 Å². The lowest BCUT2D eigenvalue weighted by Gasteiger charge is -1.88. The Balaban J connectivity index is 4.30. The van der Waals surface area contributed by atoms with Crippen molar-refractivity contribution in [1.29, 1.82) is 0 Å². The maximum Gasteiger partial charge on any atom is -0.0260 e. The van der Waals surface area contributed by atoms with Crippen molar-refractivity contribution in [2.75, 3.05) is 0 Å². The Morgan fingerprint density at radius 1 is 0.857 bits per heavy atom. The second-order valence-electron chi connectivity index (χ2n) is 2.67. The summed E-state index contributed by atoms with van der Waals surface area (Å²) in [5.41, 5.74) is 1.15. The first-order chi connectivity index (χ1) is 6.85. The van der Waals surface area contributed by atoms with Gasteiger partial charge < -0.3 is 0 Å². The van der Waals surface area contributed by atoms with Crippen molar-refractivity contribution in [2.24, 2.45) is 0 Å². The van der Waals surface area contributed by atoms with E-state index in [-0.39, 0.29) is 0 Å². The second kappa shape index (κ2) is 9.53. The van der Waals surface area contributed by atoms with Gasteiger partial charge in [-0.05, 0) is 19.4 Å². The first-order valence-electron chi connectivity index (χ1n) is 4.76. The van der Waals surface area contributed by atoms with Crippen molar-refractivity contribution >= 4 is 0 Å². The van der Waals surface area contributed by atoms with Crippen LogP contribution in [0, 0.1) is 0 Å². The fourth-order valence-corrected chi connectivity index (χ4v) is 0.901. The lowest BCUT2D eigenvalue weighted by atomic mass is 10.2. The lowest BCUT2D eigenvalue weighted by molar-refractivity contribution is 1.62. The Labute approximate surface area is 87.3 Å². The largest absolute Gasteiger partial charge is 0.0990 e. The van der Waals surface area contributed by atoms with Crippen LogP contribution in [0.1, 0.15) is 13.8 Å². The summed E-state index contributed by atoms with van der Waals surface area (Å²) in [6.45, 7) is 7.66. The molecule has 0 amide bonds. The number of hydrogen-bond acceptors (Lipinski definition) is 0. The van der Waals surface area contributed by atoms with E-state index in [1.165, 1.54) is 0 Å². The summed E-state index contributed by atoms with van der Waals surface area (Å²) in [6.07, 6.45) is 19.9. The molecule has 0 rings (SSSR count). The topological polar surface area (TPSA) is 0 Å². The number of hydrogen-bond donors (Lipinski definition) is 0. The van der Waals surface area contributed by atoms with Gasteiger partial charge in [-0.25, -0.2) is 0 Å². The third-order valence-electron chi connectivity index (χ3n) is 1.48. The lowest BCUT2D eigenvalue weighted by Crippen LogP contribution is -1.68. The Hall–Kier alpha value is -1.56. The predicted molar refractivity (Wildman–Crippen MR) is 66.2 cm³/mol. The van der Waals surface area contributed by atoms with Gasteiger partial charge in [-0.1, -0.05) is 67.3 Å². The van der Waals surface area contributed by atoms with Crippen LogP contribution >= 0.6 is 0 Å². The Morgan fingerprint density at radius 2 is 1.57 bits per heavy atom. The summed E-state index contributed by atoms with van der Waals surface area (Å²) in [7, 11) is 0. The summed E-state index contributed by atoms with van der Waals surface area (Å²) >= 11 is 0. The quantitative estimate of drug-likeness (QED) is 0.559. The highest BCUT2D eigenvalue weighted by molar-refractivity contribution is 5.34. The Morgan fingerprint density at radius 3 is 2.14 bits per heavy atom. The third kappa shape index (κ3) is 7.11. The number of rotatable bonds is 5. The van der Waals surface area contributed by atoms with E-state index >= 15 is 0 Å². The van der Waals surface area contributed by atoms with Crippen molar-refractivity contribution in [2.45, 2.75) is 13.8 Å². The van der Waals surface area contributed by atoms with Gasteiger partial charge in [-0.3, -0.25) is 0 Å². The van der Waals surface area contributed by atoms with E-state index in [1.54, 1.807) is 6.08 Å². The fraction of sp³-hybridized carbons (Fsp3) is 0.143. The molecular weight excluding hydrogens is 168 g/mol. The molecule has 0 heteroatoms. The molecule has 0 aliphatic heterocycles. The molecule has 0 aromatic carbocycles. The highest BCUT2D eigenvalue weighted by atomic mass is 13.9. The zero-order chi connectivity index (χ0) is 10.6. The summed E-state index contributed by atoms with van der Waals surface area (Å²) in [6, 6.07) is 0. The smallest absolute Gasteiger partial charge is 0.0260 e. The van der Waals surface area contributed by atoms with Gasteiger partial charge >= 0.3 is 0 Å². The highest BCUT2D eigenvalue weighted by Crippen LogP contribution is 1.99. The highest BCUT2D eigenvalue weighted by Gasteiger charge is 1.79. The molecule has 0 spiro atoms. The van der Waals surface area contributed by atoms with E-state index < -0.39 is 0 Å². The normalized spacial score (nSPS) is 14.0. The van der Waals surface area contributed by atoms with Crippen LogP contribution in [0.2, 0.25) is 0 Å². The van der Waals surface area contributed by atoms with E-state index in [0.29, 0.717) is 0 Å². The maximum atomic E-state index is 3.67. The van der Waals surface area contributed by atoms with E-state index in [1.807, 2.05) is 68.5 Å². The fourth-order valence-electron chi connectivity index (χ4n) is 0.901. The minimum absolute atomic E-state index is 1.15. The zero-order valence-electron chi connectivity index (χ0n) is 8.98. The molecule has 14 heavy (non-hydrogen) atoms. The van der Waals surface area contributed by atoms with Crippen LogP contribution in [0.3, 0.4) is 0 Å². The molecule has 0 saturated carbocycles. The maximum absolute atomic E-state index is 3.67. The van der Waals surface area contributed by atoms with Gasteiger partial charge in [0, 0.05) is 0 Å². The summed E-state index contributed by atoms with van der Waals surface area (Å²) < 4.78 is 0. The van der Waals surface area contributed by atoms with E-state index in [2.05, 4.69) is 6.58 Å². The van der Waals surface area contributed by atoms with Crippen LogP contribution in [0.4, 0.5) is 0 Å². The SMILES string of the molecule is C=C/C=C(\C=C/C)/C=C/C=C\C=C/C. The summed E-state index contributed by atoms with van der Waals surface area (Å²) in [5.74, 6) is 0. The van der Waals surface area contributed by atoms with Gasteiger partial charge in [0.2, 0.25) is 0 Å². The molecule has 74 valence electrons. The van der Waals surface area contributed by atoms with Crippen LogP contribution < -0.4 is 0 Å². The van der Waals surface area contributed by atoms with E-state index in [9.17, 15) is 0 Å². The van der Waals surface area contributed by atoms with Gasteiger partial charge in [0.15, 0.2) is 0 Å². The molecule has 0 unspecified atom stereocenters. The third-order valence-corrected chi connectivity index (χ3v) is 1.48. The van der Waals surface area contributed by atoms with Crippen LogP contribution in [-0.2, 0) is 0 Å². The van der Waals surface area contributed by atoms with Crippen molar-refractivity contribution in [1.82, 2.24) is 0 Å². The average Bonchev–Trinajstić information content (AvgIpc) is 2.18. The van der Waals surface area contributed by atoms with Crippen molar-refractivity contribution in [3.05, 3.63) is 72.9 Å². The molecule has 0 saturated heterocycles. The van der Waals surface area contributed by atoms with Crippen LogP contribution in [0.5, 0.6) is 0 Å². The van der Waals surface area contributed by atoms with Crippen molar-refractivity contribution < 1.29 is 0 Å². The molecule has 0 aliphatic carbocycles. The van der Waals surface area contributed by atoms with Gasteiger partial charge in [-0.15, -0.1) is 0 Å². The molecule has 0 nitrogen and oxygen atoms in total. The first kappa shape index (κ1) is 12.4. The van der Waals surface area contributed by atoms with Gasteiger partial charge in [0.1, 0.15) is 0 Å². The first-order valence-corrected chi connectivity index (χ1v) is 4.76. The van der Waals surface area contributed by atoms with Crippen molar-refractivity contribution in [3.8, 4) is 0 Å². The van der Waals surface area contributed by atoms with E-state index in [0.717, 1.165) is 5.57 Å². The molecule has 0 aliphatic rings. The minimum Gasteiger partial charge on any atom is -0.0990 e. The molecule has 0 aromatic heterocycles. The molecule has 0 heterocycles.